The standard InChI is InChI=1S/C21H31N3O3/c25-21(22-18-5-6-19-20(15-18)27-14-13-26-19)24-11-7-17(8-12-24)16-23-9-3-1-2-4-10-23/h5-6,15,17H,1-4,7-14,16H2,(H,22,25). The van der Waals surface area contributed by atoms with Crippen LogP contribution in [0.3, 0.4) is 0 Å². The first kappa shape index (κ1) is 18.4. The van der Waals surface area contributed by atoms with Gasteiger partial charge in [-0.2, -0.15) is 0 Å². The molecule has 0 aromatic heterocycles. The second kappa shape index (κ2) is 8.83. The summed E-state index contributed by atoms with van der Waals surface area (Å²) in [7, 11) is 0. The van der Waals surface area contributed by atoms with Crippen molar-refractivity contribution in [3.05, 3.63) is 18.2 Å². The molecule has 148 valence electrons. The van der Waals surface area contributed by atoms with E-state index in [1.54, 1.807) is 0 Å². The fourth-order valence-electron chi connectivity index (χ4n) is 4.33. The van der Waals surface area contributed by atoms with Gasteiger partial charge in [-0.15, -0.1) is 0 Å². The number of anilines is 1. The van der Waals surface area contributed by atoms with E-state index in [0.29, 0.717) is 19.0 Å². The minimum absolute atomic E-state index is 0.0140. The summed E-state index contributed by atoms with van der Waals surface area (Å²) in [5, 5.41) is 3.01. The third kappa shape index (κ3) is 4.86. The number of nitrogens with one attached hydrogen (secondary N) is 1. The van der Waals surface area contributed by atoms with Crippen molar-refractivity contribution in [3.63, 3.8) is 0 Å². The van der Waals surface area contributed by atoms with E-state index in [2.05, 4.69) is 10.2 Å². The molecule has 1 aromatic rings. The highest BCUT2D eigenvalue weighted by Crippen LogP contribution is 2.32. The Balaban J connectivity index is 1.25. The fourth-order valence-corrected chi connectivity index (χ4v) is 4.33. The lowest BCUT2D eigenvalue weighted by Crippen LogP contribution is -2.43. The SMILES string of the molecule is O=C(Nc1ccc2c(c1)OCCO2)N1CCC(CN2CCCCCC2)CC1. The molecule has 0 radical (unpaired) electrons. The highest BCUT2D eigenvalue weighted by atomic mass is 16.6. The molecule has 27 heavy (non-hydrogen) atoms. The molecule has 2 saturated heterocycles. The number of piperidine rings is 1. The molecule has 1 N–H and O–H groups in total. The first-order valence-electron chi connectivity index (χ1n) is 10.5. The third-order valence-corrected chi connectivity index (χ3v) is 5.91. The number of urea groups is 1. The van der Waals surface area contributed by atoms with Crippen LogP contribution in [0.15, 0.2) is 18.2 Å². The molecule has 0 spiro atoms. The maximum atomic E-state index is 12.6. The number of fused-ring (bicyclic) bond motifs is 1. The Labute approximate surface area is 161 Å². The van der Waals surface area contributed by atoms with Gasteiger partial charge in [-0.25, -0.2) is 4.79 Å². The van der Waals surface area contributed by atoms with Gasteiger partial charge in [0, 0.05) is 31.4 Å². The van der Waals surface area contributed by atoms with Crippen LogP contribution in [0.1, 0.15) is 38.5 Å². The molecular formula is C21H31N3O3. The van der Waals surface area contributed by atoms with E-state index in [9.17, 15) is 4.79 Å². The summed E-state index contributed by atoms with van der Waals surface area (Å²) in [6, 6.07) is 5.56. The van der Waals surface area contributed by atoms with Gasteiger partial charge in [0.1, 0.15) is 13.2 Å². The van der Waals surface area contributed by atoms with Gasteiger partial charge in [-0.1, -0.05) is 12.8 Å². The van der Waals surface area contributed by atoms with Crippen molar-refractivity contribution in [1.82, 2.24) is 9.80 Å². The summed E-state index contributed by atoms with van der Waals surface area (Å²) in [6.45, 7) is 6.52. The topological polar surface area (TPSA) is 54.0 Å². The number of carbonyl (C=O) groups is 1. The Hall–Kier alpha value is -1.95. The Morgan fingerprint density at radius 1 is 0.963 bits per heavy atom. The lowest BCUT2D eigenvalue weighted by molar-refractivity contribution is 0.155. The molecule has 0 aliphatic carbocycles. The predicted octanol–water partition coefficient (Wildman–Crippen LogP) is 3.58. The molecule has 2 amide bonds. The number of likely N-dealkylation sites (tertiary alicyclic amines) is 2. The summed E-state index contributed by atoms with van der Waals surface area (Å²) >= 11 is 0. The second-order valence-corrected chi connectivity index (χ2v) is 7.93. The van der Waals surface area contributed by atoms with E-state index in [1.807, 2.05) is 23.1 Å². The Kier molecular flexibility index (Phi) is 6.02. The molecule has 3 aliphatic rings. The number of nitrogens with zero attached hydrogens (tertiary/aromatic N) is 2. The average Bonchev–Trinajstić information content (AvgIpc) is 2.97. The maximum absolute atomic E-state index is 12.6. The summed E-state index contributed by atoms with van der Waals surface area (Å²) in [5.74, 6) is 2.17. The lowest BCUT2D eigenvalue weighted by Gasteiger charge is -2.34. The van der Waals surface area contributed by atoms with Crippen LogP contribution < -0.4 is 14.8 Å². The van der Waals surface area contributed by atoms with Crippen LogP contribution in [0.2, 0.25) is 0 Å². The van der Waals surface area contributed by atoms with Gasteiger partial charge in [0.2, 0.25) is 0 Å². The average molecular weight is 373 g/mol. The predicted molar refractivity (Wildman–Crippen MR) is 106 cm³/mol. The van der Waals surface area contributed by atoms with E-state index >= 15 is 0 Å². The number of hydrogen-bond acceptors (Lipinski definition) is 4. The summed E-state index contributed by atoms with van der Waals surface area (Å²) in [5.41, 5.74) is 0.760. The molecule has 0 unspecified atom stereocenters. The molecule has 1 aromatic carbocycles. The number of amides is 2. The van der Waals surface area contributed by atoms with E-state index in [0.717, 1.165) is 43.3 Å². The lowest BCUT2D eigenvalue weighted by atomic mass is 9.96. The summed E-state index contributed by atoms with van der Waals surface area (Å²) in [6.07, 6.45) is 7.66. The van der Waals surface area contributed by atoms with Gasteiger partial charge >= 0.3 is 6.03 Å². The number of hydrogen-bond donors (Lipinski definition) is 1. The van der Waals surface area contributed by atoms with Gasteiger partial charge in [0.05, 0.1) is 0 Å². The van der Waals surface area contributed by atoms with Gasteiger partial charge in [0.15, 0.2) is 11.5 Å². The van der Waals surface area contributed by atoms with Crippen molar-refractivity contribution in [2.75, 3.05) is 51.3 Å². The molecule has 0 bridgehead atoms. The van der Waals surface area contributed by atoms with Crippen molar-refractivity contribution in [1.29, 1.82) is 0 Å². The monoisotopic (exact) mass is 373 g/mol. The molecule has 3 aliphatic heterocycles. The molecule has 6 nitrogen and oxygen atoms in total. The van der Waals surface area contributed by atoms with Crippen molar-refractivity contribution in [2.45, 2.75) is 38.5 Å². The van der Waals surface area contributed by atoms with Crippen molar-refractivity contribution < 1.29 is 14.3 Å². The van der Waals surface area contributed by atoms with Gasteiger partial charge in [-0.05, 0) is 56.8 Å². The Morgan fingerprint density at radius 3 is 2.41 bits per heavy atom. The number of carbonyl (C=O) groups excluding carboxylic acids is 1. The fraction of sp³-hybridized carbons (Fsp3) is 0.667. The summed E-state index contributed by atoms with van der Waals surface area (Å²) in [4.78, 5) is 17.2. The number of rotatable bonds is 3. The summed E-state index contributed by atoms with van der Waals surface area (Å²) < 4.78 is 11.1. The zero-order chi connectivity index (χ0) is 18.5. The van der Waals surface area contributed by atoms with Crippen LogP contribution in [-0.2, 0) is 0 Å². The van der Waals surface area contributed by atoms with Crippen LogP contribution >= 0.6 is 0 Å². The van der Waals surface area contributed by atoms with Crippen molar-refractivity contribution in [2.24, 2.45) is 5.92 Å². The van der Waals surface area contributed by atoms with Crippen LogP contribution in [0.5, 0.6) is 11.5 Å². The van der Waals surface area contributed by atoms with E-state index in [-0.39, 0.29) is 6.03 Å². The molecule has 0 atom stereocenters. The molecule has 2 fully saturated rings. The van der Waals surface area contributed by atoms with Crippen molar-refractivity contribution in [3.8, 4) is 11.5 Å². The van der Waals surface area contributed by atoms with Gasteiger partial charge in [0.25, 0.3) is 0 Å². The van der Waals surface area contributed by atoms with Crippen LogP contribution in [0.25, 0.3) is 0 Å². The van der Waals surface area contributed by atoms with Crippen LogP contribution in [0.4, 0.5) is 10.5 Å². The maximum Gasteiger partial charge on any atom is 0.321 e. The highest BCUT2D eigenvalue weighted by molar-refractivity contribution is 5.89. The molecule has 6 heteroatoms. The number of benzene rings is 1. The normalized spacial score (nSPS) is 21.6. The zero-order valence-electron chi connectivity index (χ0n) is 16.1. The largest absolute Gasteiger partial charge is 0.486 e. The smallest absolute Gasteiger partial charge is 0.321 e. The van der Waals surface area contributed by atoms with E-state index in [4.69, 9.17) is 9.47 Å². The minimum Gasteiger partial charge on any atom is -0.486 e. The molecule has 4 rings (SSSR count). The third-order valence-electron chi connectivity index (χ3n) is 5.91. The quantitative estimate of drug-likeness (QED) is 0.880. The van der Waals surface area contributed by atoms with Crippen LogP contribution in [0, 0.1) is 5.92 Å². The molecule has 3 heterocycles. The van der Waals surface area contributed by atoms with Crippen LogP contribution in [-0.4, -0.2) is 61.8 Å². The van der Waals surface area contributed by atoms with E-state index < -0.39 is 0 Å². The Morgan fingerprint density at radius 2 is 1.67 bits per heavy atom. The van der Waals surface area contributed by atoms with E-state index in [1.165, 1.54) is 45.3 Å². The highest BCUT2D eigenvalue weighted by Gasteiger charge is 2.25. The first-order valence-corrected chi connectivity index (χ1v) is 10.5. The Bertz CT molecular complexity index is 636. The second-order valence-electron chi connectivity index (χ2n) is 7.93. The first-order chi connectivity index (χ1) is 13.3. The zero-order valence-corrected chi connectivity index (χ0v) is 16.1. The molecule has 0 saturated carbocycles. The molecular weight excluding hydrogens is 342 g/mol. The number of ether oxygens (including phenoxy) is 2. The van der Waals surface area contributed by atoms with Gasteiger partial charge < -0.3 is 24.6 Å². The van der Waals surface area contributed by atoms with Crippen molar-refractivity contribution >= 4 is 11.7 Å². The minimum atomic E-state index is -0.0140. The van der Waals surface area contributed by atoms with Gasteiger partial charge in [-0.3, -0.25) is 0 Å².